The second kappa shape index (κ2) is 58.2. The van der Waals surface area contributed by atoms with Gasteiger partial charge in [0.05, 0.1) is 64.4 Å². The number of unbranched alkanes of at least 4 members (excludes halogenated alkanes) is 14. The van der Waals surface area contributed by atoms with E-state index in [0.717, 1.165) is 70.6 Å². The van der Waals surface area contributed by atoms with Gasteiger partial charge in [-0.2, -0.15) is 8.42 Å². The molecule has 0 spiro atoms. The molecule has 1 unspecified atom stereocenters. The first-order valence-electron chi connectivity index (χ1n) is 36.0. The molecule has 0 saturated heterocycles. The lowest BCUT2D eigenvalue weighted by molar-refractivity contribution is -0.142. The number of phenolic OH excluding ortho intramolecular Hbond substituents is 1. The molecular weight excluding hydrogens is 1320 g/mol. The van der Waals surface area contributed by atoms with E-state index in [2.05, 4.69) is 21.3 Å². The van der Waals surface area contributed by atoms with Gasteiger partial charge < -0.3 is 71.4 Å². The predicted octanol–water partition coefficient (Wildman–Crippen LogP) is 6.60. The minimum atomic E-state index is -3.86. The summed E-state index contributed by atoms with van der Waals surface area (Å²) in [6.07, 6.45) is 16.7. The number of carbonyl (C=O) groups is 10. The second-order valence-electron chi connectivity index (χ2n) is 26.1. The molecule has 0 saturated carbocycles. The number of primary amides is 1. The van der Waals surface area contributed by atoms with Crippen LogP contribution in [-0.4, -0.2) is 198 Å². The zero-order chi connectivity index (χ0) is 74.2. The number of aliphatic carboxylic acids is 1. The molecule has 0 bridgehead atoms. The number of hydrogen-bond donors (Lipinski definition) is 10. The highest BCUT2D eigenvalue weighted by molar-refractivity contribution is 7.85. The summed E-state index contributed by atoms with van der Waals surface area (Å²) < 4.78 is 62.8. The van der Waals surface area contributed by atoms with E-state index in [1.54, 1.807) is 19.1 Å². The molecule has 0 radical (unpaired) electrons. The maximum Gasteiger partial charge on any atom is 0.326 e. The van der Waals surface area contributed by atoms with Gasteiger partial charge in [-0.3, -0.25) is 53.1 Å². The van der Waals surface area contributed by atoms with Gasteiger partial charge in [-0.1, -0.05) is 116 Å². The van der Waals surface area contributed by atoms with E-state index in [1.165, 1.54) is 12.1 Å². The van der Waals surface area contributed by atoms with E-state index in [0.29, 0.717) is 89.3 Å². The third-order valence-electron chi connectivity index (χ3n) is 16.6. The van der Waals surface area contributed by atoms with Gasteiger partial charge in [0.1, 0.15) is 49.0 Å². The monoisotopic (exact) mass is 1440 g/mol. The largest absolute Gasteiger partial charge is 0.508 e. The molecule has 1 rings (SSSR count). The number of Topliss-reactive ketones (excluding diaryl/α,β-unsaturated/α-hetero) is 4. The summed E-state index contributed by atoms with van der Waals surface area (Å²) in [7, 11) is -3.86. The van der Waals surface area contributed by atoms with Crippen molar-refractivity contribution in [2.24, 2.45) is 41.1 Å². The minimum Gasteiger partial charge on any atom is -0.508 e. The number of amides is 5. The van der Waals surface area contributed by atoms with Crippen LogP contribution in [0.5, 0.6) is 5.75 Å². The number of nitrogens with one attached hydrogen (secondary N) is 5. The number of carboxylic acids is 1. The molecule has 572 valence electrons. The standard InChI is InChI=1S/C71H121N7O21S/c1-53(2)46-60(81)48-56(69(87)54(3)61(24-16-17-25-64(72)73)63(82)49-57(70(74)88)47-55-27-29-58(79)30-28-55)22-18-19-33-75-67(85)51-98-43-39-94-36-21-23-59(80)50-97-42-40-96-38-35-77-68(86)52-99-44-41-95-37-34-76-65(83)32-31-62(71(89)90)78-66(84)26-15-13-11-9-7-5-4-6-8-10-12-14-20-45-100(91,92)93/h27-30,53-54,56-57,61-62,79H,4-26,31-52H2,1-3H3,(H3,72,73)(H2,74,88)(H,75,85)(H,76,83)(H,77,86)(H,78,84)(H,89,90)(H,91,92,93)/t54?,56-,57-,61-,62+/m1/s1. The van der Waals surface area contributed by atoms with Crippen molar-refractivity contribution >= 4 is 74.6 Å². The average Bonchev–Trinajstić information content (AvgIpc) is 0.857. The van der Waals surface area contributed by atoms with Crippen molar-refractivity contribution in [1.29, 1.82) is 5.41 Å². The summed E-state index contributed by atoms with van der Waals surface area (Å²) in [5, 5.41) is 37.5. The van der Waals surface area contributed by atoms with E-state index in [1.807, 2.05) is 13.8 Å². The van der Waals surface area contributed by atoms with Crippen molar-refractivity contribution in [1.82, 2.24) is 21.3 Å². The predicted molar refractivity (Wildman–Crippen MR) is 377 cm³/mol. The van der Waals surface area contributed by atoms with Gasteiger partial charge in [-0.25, -0.2) is 4.79 Å². The average molecular weight is 1440 g/mol. The number of carbonyl (C=O) groups excluding carboxylic acids is 9. The van der Waals surface area contributed by atoms with Crippen molar-refractivity contribution in [2.75, 3.05) is 105 Å². The molecule has 5 atom stereocenters. The van der Waals surface area contributed by atoms with Crippen LogP contribution in [0.25, 0.3) is 0 Å². The number of nitrogens with two attached hydrogens (primary N) is 2. The Morgan fingerprint density at radius 3 is 1.53 bits per heavy atom. The molecule has 1 aromatic carbocycles. The minimum absolute atomic E-state index is 0.0138. The van der Waals surface area contributed by atoms with E-state index >= 15 is 0 Å². The topological polar surface area (TPSA) is 445 Å². The fourth-order valence-corrected chi connectivity index (χ4v) is 11.6. The Morgan fingerprint density at radius 2 is 0.990 bits per heavy atom. The van der Waals surface area contributed by atoms with Gasteiger partial charge in [0.2, 0.25) is 29.5 Å². The van der Waals surface area contributed by atoms with E-state index < -0.39 is 51.7 Å². The summed E-state index contributed by atoms with van der Waals surface area (Å²) in [6, 6.07) is 5.09. The number of ketones is 4. The van der Waals surface area contributed by atoms with Gasteiger partial charge in [-0.05, 0) is 81.4 Å². The quantitative estimate of drug-likeness (QED) is 0.0142. The van der Waals surface area contributed by atoms with Crippen LogP contribution in [0.3, 0.4) is 0 Å². The first-order valence-corrected chi connectivity index (χ1v) is 37.6. The number of phenols is 1. The number of benzene rings is 1. The van der Waals surface area contributed by atoms with Crippen molar-refractivity contribution in [3.05, 3.63) is 29.8 Å². The molecular formula is C71H121N7O21S. The lowest BCUT2D eigenvalue weighted by Gasteiger charge is -2.27. The second-order valence-corrected chi connectivity index (χ2v) is 27.6. The van der Waals surface area contributed by atoms with Gasteiger partial charge in [0.25, 0.3) is 10.1 Å². The molecule has 0 heterocycles. The Bertz CT molecular complexity index is 2630. The number of amidine groups is 1. The number of rotatable bonds is 69. The van der Waals surface area contributed by atoms with Gasteiger partial charge in [0.15, 0.2) is 5.78 Å². The van der Waals surface area contributed by atoms with Gasteiger partial charge in [0, 0.05) is 94.9 Å². The zero-order valence-corrected chi connectivity index (χ0v) is 60.7. The Labute approximate surface area is 592 Å². The number of aromatic hydroxyl groups is 1. The Balaban J connectivity index is 2.15. The van der Waals surface area contributed by atoms with Crippen LogP contribution in [0, 0.1) is 35.0 Å². The lowest BCUT2D eigenvalue weighted by atomic mass is 9.75. The third-order valence-corrected chi connectivity index (χ3v) is 17.4. The maximum atomic E-state index is 14.3. The van der Waals surface area contributed by atoms with Crippen LogP contribution < -0.4 is 32.7 Å². The summed E-state index contributed by atoms with van der Waals surface area (Å²) in [4.78, 5) is 127. The summed E-state index contributed by atoms with van der Waals surface area (Å²) in [6.45, 7) is 7.47. The normalized spacial score (nSPS) is 13.0. The van der Waals surface area contributed by atoms with E-state index in [9.17, 15) is 66.6 Å². The third kappa shape index (κ3) is 52.6. The fraction of sp³-hybridized carbons (Fsp3) is 0.761. The van der Waals surface area contributed by atoms with Crippen molar-refractivity contribution in [3.8, 4) is 5.75 Å². The molecule has 0 aliphatic carbocycles. The maximum absolute atomic E-state index is 14.3. The molecule has 5 amide bonds. The van der Waals surface area contributed by atoms with Crippen LogP contribution >= 0.6 is 0 Å². The first-order chi connectivity index (χ1) is 47.8. The highest BCUT2D eigenvalue weighted by Gasteiger charge is 2.36. The Morgan fingerprint density at radius 1 is 0.490 bits per heavy atom. The van der Waals surface area contributed by atoms with Crippen LogP contribution in [0.4, 0.5) is 0 Å². The smallest absolute Gasteiger partial charge is 0.326 e. The molecule has 1 aromatic rings. The highest BCUT2D eigenvalue weighted by atomic mass is 32.2. The Hall–Kier alpha value is -6.34. The highest BCUT2D eigenvalue weighted by Crippen LogP contribution is 2.31. The van der Waals surface area contributed by atoms with Crippen molar-refractivity contribution in [3.63, 3.8) is 0 Å². The lowest BCUT2D eigenvalue weighted by Crippen LogP contribution is -2.41. The van der Waals surface area contributed by atoms with Gasteiger partial charge in [-0.15, -0.1) is 0 Å². The SMILES string of the molecule is CC(C)CC(=O)C[C@@H](CCCCNC(=O)COCCOCCCC(=O)COCCOCCNC(=O)COCCOCCNC(=O)CC[C@H](NC(=O)CCCCCCCCCCCCCCCS(=O)(=O)O)C(=O)O)C(=O)C(C)[C@@H](CCCCC(=N)N)C(=O)C[C@@H](Cc1ccc(O)cc1)C(N)=O. The molecule has 0 aliphatic rings. The van der Waals surface area contributed by atoms with E-state index in [4.69, 9.17) is 49.9 Å². The van der Waals surface area contributed by atoms with E-state index in [-0.39, 0.29) is 201 Å². The molecule has 100 heavy (non-hydrogen) atoms. The summed E-state index contributed by atoms with van der Waals surface area (Å²) >= 11 is 0. The molecule has 28 nitrogen and oxygen atoms in total. The van der Waals surface area contributed by atoms with Crippen LogP contribution in [0.2, 0.25) is 0 Å². The Kier molecular flexibility index (Phi) is 53.3. The van der Waals surface area contributed by atoms with Crippen molar-refractivity contribution in [2.45, 2.75) is 213 Å². The number of carboxylic acid groups (broad SMARTS) is 1. The molecule has 0 aromatic heterocycles. The summed E-state index contributed by atoms with van der Waals surface area (Å²) in [5.41, 5.74) is 12.1. The zero-order valence-electron chi connectivity index (χ0n) is 59.8. The fourth-order valence-electron chi connectivity index (χ4n) is 11.1. The number of ether oxygens (including phenoxy) is 6. The molecule has 29 heteroatoms. The first kappa shape index (κ1) is 91.7. The molecule has 0 aliphatic heterocycles. The number of hydrogen-bond acceptors (Lipinski definition) is 20. The van der Waals surface area contributed by atoms with Crippen LogP contribution in [0.1, 0.15) is 206 Å². The van der Waals surface area contributed by atoms with Crippen molar-refractivity contribution < 1.29 is 99.6 Å². The molecule has 0 fully saturated rings. The molecule has 12 N–H and O–H groups in total. The van der Waals surface area contributed by atoms with Gasteiger partial charge >= 0.3 is 5.97 Å². The van der Waals surface area contributed by atoms with Crippen LogP contribution in [0.15, 0.2) is 24.3 Å². The summed E-state index contributed by atoms with van der Waals surface area (Å²) in [5.74, 6) is -7.05. The van der Waals surface area contributed by atoms with Crippen LogP contribution in [-0.2, 0) is 92.9 Å².